The number of rotatable bonds is 5. The fraction of sp³-hybridized carbons (Fsp3) is 0.875. The van der Waals surface area contributed by atoms with Crippen LogP contribution in [0.4, 0.5) is 0 Å². The van der Waals surface area contributed by atoms with E-state index in [0.717, 1.165) is 13.3 Å². The van der Waals surface area contributed by atoms with Gasteiger partial charge in [-0.05, 0) is 19.3 Å². The highest BCUT2D eigenvalue weighted by Crippen LogP contribution is 1.98. The van der Waals surface area contributed by atoms with Crippen LogP contribution in [0.25, 0.3) is 0 Å². The SMILES string of the molecule is CC(=O)O.OCCCCC(O)CO. The molecule has 0 aliphatic rings. The summed E-state index contributed by atoms with van der Waals surface area (Å²) in [5.74, 6) is -0.833. The summed E-state index contributed by atoms with van der Waals surface area (Å²) in [6.07, 6.45) is 1.46. The molecule has 0 aliphatic heterocycles. The third-order valence-corrected chi connectivity index (χ3v) is 1.16. The quantitative estimate of drug-likeness (QED) is 0.446. The van der Waals surface area contributed by atoms with Crippen molar-refractivity contribution in [2.24, 2.45) is 0 Å². The molecule has 0 heterocycles. The van der Waals surface area contributed by atoms with Gasteiger partial charge < -0.3 is 20.4 Å². The molecule has 5 nitrogen and oxygen atoms in total. The second-order valence-electron chi connectivity index (χ2n) is 2.57. The van der Waals surface area contributed by atoms with Crippen molar-refractivity contribution >= 4 is 5.97 Å². The average molecular weight is 194 g/mol. The van der Waals surface area contributed by atoms with Crippen LogP contribution in [0.1, 0.15) is 26.2 Å². The number of carboxylic acid groups (broad SMARTS) is 1. The van der Waals surface area contributed by atoms with Crippen LogP contribution in [0.15, 0.2) is 0 Å². The van der Waals surface area contributed by atoms with Crippen molar-refractivity contribution < 1.29 is 25.2 Å². The summed E-state index contributed by atoms with van der Waals surface area (Å²) in [5, 5.41) is 32.8. The first-order valence-electron chi connectivity index (χ1n) is 4.13. The Kier molecular flexibility index (Phi) is 13.0. The Morgan fingerprint density at radius 1 is 1.31 bits per heavy atom. The molecule has 0 saturated heterocycles. The molecule has 0 amide bonds. The maximum atomic E-state index is 9.00. The maximum Gasteiger partial charge on any atom is 0.300 e. The Morgan fingerprint density at radius 2 is 1.77 bits per heavy atom. The molecule has 13 heavy (non-hydrogen) atoms. The molecule has 0 rings (SSSR count). The van der Waals surface area contributed by atoms with Crippen molar-refractivity contribution in [3.63, 3.8) is 0 Å². The van der Waals surface area contributed by atoms with Crippen LogP contribution in [-0.4, -0.2) is 45.7 Å². The summed E-state index contributed by atoms with van der Waals surface area (Å²) >= 11 is 0. The predicted octanol–water partition coefficient (Wildman–Crippen LogP) is -0.407. The Labute approximate surface area is 77.6 Å². The Bertz CT molecular complexity index is 111. The molecular weight excluding hydrogens is 176 g/mol. The number of carboxylic acids is 1. The number of hydrogen-bond acceptors (Lipinski definition) is 4. The van der Waals surface area contributed by atoms with Gasteiger partial charge in [0.25, 0.3) is 5.97 Å². The number of aliphatic hydroxyl groups excluding tert-OH is 3. The van der Waals surface area contributed by atoms with E-state index in [0.29, 0.717) is 12.8 Å². The molecule has 0 aliphatic carbocycles. The smallest absolute Gasteiger partial charge is 0.300 e. The highest BCUT2D eigenvalue weighted by molar-refractivity contribution is 5.62. The van der Waals surface area contributed by atoms with Gasteiger partial charge in [-0.25, -0.2) is 0 Å². The van der Waals surface area contributed by atoms with E-state index in [-0.39, 0.29) is 13.2 Å². The predicted molar refractivity (Wildman–Crippen MR) is 47.3 cm³/mol. The molecule has 0 aromatic carbocycles. The van der Waals surface area contributed by atoms with Gasteiger partial charge in [0, 0.05) is 13.5 Å². The Balaban J connectivity index is 0. The first-order chi connectivity index (χ1) is 6.04. The lowest BCUT2D eigenvalue weighted by atomic mass is 10.2. The van der Waals surface area contributed by atoms with Gasteiger partial charge in [0.05, 0.1) is 12.7 Å². The molecule has 1 unspecified atom stereocenters. The van der Waals surface area contributed by atoms with E-state index < -0.39 is 12.1 Å². The maximum absolute atomic E-state index is 9.00. The largest absolute Gasteiger partial charge is 0.481 e. The number of unbranched alkanes of at least 4 members (excludes halogenated alkanes) is 1. The van der Waals surface area contributed by atoms with Crippen molar-refractivity contribution in [3.8, 4) is 0 Å². The molecular formula is C8H18O5. The van der Waals surface area contributed by atoms with Gasteiger partial charge in [-0.1, -0.05) is 0 Å². The Hall–Kier alpha value is -0.650. The standard InChI is InChI=1S/C6H14O3.C2H4O2/c7-4-2-1-3-6(9)5-8;1-2(3)4/h6-9H,1-5H2;1H3,(H,3,4). The van der Waals surface area contributed by atoms with Gasteiger partial charge in [-0.3, -0.25) is 4.79 Å². The average Bonchev–Trinajstić information content (AvgIpc) is 2.03. The molecule has 0 aromatic heterocycles. The highest BCUT2D eigenvalue weighted by atomic mass is 16.4. The van der Waals surface area contributed by atoms with Crippen LogP contribution in [-0.2, 0) is 4.79 Å². The number of carbonyl (C=O) groups is 1. The van der Waals surface area contributed by atoms with Crippen molar-refractivity contribution in [2.45, 2.75) is 32.3 Å². The first-order valence-corrected chi connectivity index (χ1v) is 4.13. The van der Waals surface area contributed by atoms with Crippen molar-refractivity contribution in [3.05, 3.63) is 0 Å². The van der Waals surface area contributed by atoms with Crippen LogP contribution in [0.2, 0.25) is 0 Å². The van der Waals surface area contributed by atoms with Crippen LogP contribution in [0.3, 0.4) is 0 Å². The lowest BCUT2D eigenvalue weighted by molar-refractivity contribution is -0.134. The van der Waals surface area contributed by atoms with E-state index in [1.54, 1.807) is 0 Å². The van der Waals surface area contributed by atoms with Gasteiger partial charge in [-0.2, -0.15) is 0 Å². The van der Waals surface area contributed by atoms with Crippen LogP contribution < -0.4 is 0 Å². The van der Waals surface area contributed by atoms with E-state index in [9.17, 15) is 0 Å². The van der Waals surface area contributed by atoms with Gasteiger partial charge in [0.1, 0.15) is 0 Å². The van der Waals surface area contributed by atoms with E-state index >= 15 is 0 Å². The third-order valence-electron chi connectivity index (χ3n) is 1.16. The zero-order valence-corrected chi connectivity index (χ0v) is 7.81. The van der Waals surface area contributed by atoms with Crippen molar-refractivity contribution in [1.29, 1.82) is 0 Å². The second kappa shape index (κ2) is 11.4. The fourth-order valence-electron chi connectivity index (χ4n) is 0.583. The van der Waals surface area contributed by atoms with Crippen LogP contribution >= 0.6 is 0 Å². The summed E-state index contributed by atoms with van der Waals surface area (Å²) in [7, 11) is 0. The zero-order chi connectivity index (χ0) is 10.7. The Morgan fingerprint density at radius 3 is 2.08 bits per heavy atom. The van der Waals surface area contributed by atoms with Gasteiger partial charge in [0.15, 0.2) is 0 Å². The monoisotopic (exact) mass is 194 g/mol. The van der Waals surface area contributed by atoms with E-state index in [2.05, 4.69) is 0 Å². The minimum atomic E-state index is -0.833. The fourth-order valence-corrected chi connectivity index (χ4v) is 0.583. The first kappa shape index (κ1) is 14.9. The van der Waals surface area contributed by atoms with Gasteiger partial charge >= 0.3 is 0 Å². The van der Waals surface area contributed by atoms with Gasteiger partial charge in [-0.15, -0.1) is 0 Å². The van der Waals surface area contributed by atoms with Crippen LogP contribution in [0, 0.1) is 0 Å². The number of aliphatic hydroxyl groups is 3. The van der Waals surface area contributed by atoms with E-state index in [4.69, 9.17) is 25.2 Å². The molecule has 0 spiro atoms. The van der Waals surface area contributed by atoms with Crippen LogP contribution in [0.5, 0.6) is 0 Å². The summed E-state index contributed by atoms with van der Waals surface area (Å²) in [5.41, 5.74) is 0. The summed E-state index contributed by atoms with van der Waals surface area (Å²) in [4.78, 5) is 9.00. The van der Waals surface area contributed by atoms with Crippen molar-refractivity contribution in [1.82, 2.24) is 0 Å². The van der Waals surface area contributed by atoms with Crippen molar-refractivity contribution in [2.75, 3.05) is 13.2 Å². The minimum absolute atomic E-state index is 0.165. The molecule has 0 bridgehead atoms. The molecule has 1 atom stereocenters. The summed E-state index contributed by atoms with van der Waals surface area (Å²) < 4.78 is 0. The second-order valence-corrected chi connectivity index (χ2v) is 2.57. The highest BCUT2D eigenvalue weighted by Gasteiger charge is 1.99. The van der Waals surface area contributed by atoms with Gasteiger partial charge in [0.2, 0.25) is 0 Å². The minimum Gasteiger partial charge on any atom is -0.481 e. The summed E-state index contributed by atoms with van der Waals surface area (Å²) in [6.45, 7) is 1.07. The molecule has 0 saturated carbocycles. The molecule has 5 heteroatoms. The lowest BCUT2D eigenvalue weighted by Gasteiger charge is -2.03. The molecule has 80 valence electrons. The van der Waals surface area contributed by atoms with E-state index in [1.807, 2.05) is 0 Å². The molecule has 0 radical (unpaired) electrons. The lowest BCUT2D eigenvalue weighted by Crippen LogP contribution is -2.11. The summed E-state index contributed by atoms with van der Waals surface area (Å²) in [6, 6.07) is 0. The zero-order valence-electron chi connectivity index (χ0n) is 7.81. The number of hydrogen-bond donors (Lipinski definition) is 4. The third kappa shape index (κ3) is 24.6. The molecule has 0 aromatic rings. The number of aliphatic carboxylic acids is 1. The normalized spacial score (nSPS) is 11.4. The molecule has 0 fully saturated rings. The molecule has 4 N–H and O–H groups in total. The topological polar surface area (TPSA) is 98.0 Å². The van der Waals surface area contributed by atoms with E-state index in [1.165, 1.54) is 0 Å².